The van der Waals surface area contributed by atoms with Gasteiger partial charge in [0.25, 0.3) is 0 Å². The summed E-state index contributed by atoms with van der Waals surface area (Å²) in [6, 6.07) is 5.52. The van der Waals surface area contributed by atoms with Gasteiger partial charge in [-0.25, -0.2) is 4.39 Å². The lowest BCUT2D eigenvalue weighted by atomic mass is 10.1. The van der Waals surface area contributed by atoms with E-state index in [-0.39, 0.29) is 29.7 Å². The molecule has 0 spiro atoms. The molecule has 2 atom stereocenters. The molecule has 0 saturated carbocycles. The van der Waals surface area contributed by atoms with Crippen molar-refractivity contribution in [3.63, 3.8) is 0 Å². The monoisotopic (exact) mass is 350 g/mol. The molecule has 1 aromatic rings. The number of anilines is 1. The van der Waals surface area contributed by atoms with Crippen LogP contribution >= 0.6 is 0 Å². The number of rotatable bonds is 6. The van der Waals surface area contributed by atoms with Crippen molar-refractivity contribution < 1.29 is 14.0 Å². The van der Waals surface area contributed by atoms with Crippen molar-refractivity contribution in [2.24, 2.45) is 5.73 Å². The Morgan fingerprint density at radius 3 is 2.52 bits per heavy atom. The van der Waals surface area contributed by atoms with Gasteiger partial charge in [-0.15, -0.1) is 0 Å². The molecule has 2 unspecified atom stereocenters. The second-order valence-corrected chi connectivity index (χ2v) is 6.61. The molecule has 0 aliphatic carbocycles. The number of amides is 2. The first-order valence-electron chi connectivity index (χ1n) is 8.70. The van der Waals surface area contributed by atoms with Crippen molar-refractivity contribution in [3.8, 4) is 0 Å². The zero-order valence-corrected chi connectivity index (χ0v) is 14.9. The van der Waals surface area contributed by atoms with E-state index in [1.54, 1.807) is 12.1 Å². The molecule has 25 heavy (non-hydrogen) atoms. The number of carbonyl (C=O) groups excluding carboxylic acids is 2. The van der Waals surface area contributed by atoms with Gasteiger partial charge in [0.15, 0.2) is 0 Å². The van der Waals surface area contributed by atoms with Crippen LogP contribution in [0.2, 0.25) is 0 Å². The molecule has 7 heteroatoms. The van der Waals surface area contributed by atoms with Crippen molar-refractivity contribution in [1.29, 1.82) is 0 Å². The van der Waals surface area contributed by atoms with Crippen LogP contribution < -0.4 is 11.1 Å². The lowest BCUT2D eigenvalue weighted by molar-refractivity contribution is -0.133. The maximum absolute atomic E-state index is 13.2. The largest absolute Gasteiger partial charge is 0.340 e. The number of nitrogens with one attached hydrogen (secondary N) is 1. The van der Waals surface area contributed by atoms with Crippen LogP contribution in [0.15, 0.2) is 24.3 Å². The third kappa shape index (κ3) is 5.79. The highest BCUT2D eigenvalue weighted by atomic mass is 19.1. The van der Waals surface area contributed by atoms with Crippen LogP contribution in [-0.4, -0.2) is 59.9 Å². The van der Waals surface area contributed by atoms with Gasteiger partial charge >= 0.3 is 0 Å². The van der Waals surface area contributed by atoms with Gasteiger partial charge < -0.3 is 16.0 Å². The van der Waals surface area contributed by atoms with Crippen molar-refractivity contribution in [1.82, 2.24) is 9.80 Å². The van der Waals surface area contributed by atoms with E-state index in [0.29, 0.717) is 44.7 Å². The van der Waals surface area contributed by atoms with E-state index in [9.17, 15) is 14.0 Å². The zero-order chi connectivity index (χ0) is 18.4. The van der Waals surface area contributed by atoms with Crippen molar-refractivity contribution in [2.45, 2.75) is 38.8 Å². The molecule has 0 aromatic heterocycles. The predicted molar refractivity (Wildman–Crippen MR) is 95.5 cm³/mol. The number of halogens is 1. The van der Waals surface area contributed by atoms with Gasteiger partial charge in [-0.1, -0.05) is 6.07 Å². The van der Waals surface area contributed by atoms with Gasteiger partial charge in [-0.3, -0.25) is 14.5 Å². The molecule has 0 radical (unpaired) electrons. The number of nitrogens with two attached hydrogens (primary N) is 1. The third-order valence-corrected chi connectivity index (χ3v) is 4.50. The van der Waals surface area contributed by atoms with Gasteiger partial charge in [-0.05, 0) is 38.5 Å². The molecular weight excluding hydrogens is 323 g/mol. The minimum atomic E-state index is -0.385. The van der Waals surface area contributed by atoms with Gasteiger partial charge in [0.2, 0.25) is 11.8 Å². The number of benzene rings is 1. The zero-order valence-electron chi connectivity index (χ0n) is 14.9. The average Bonchev–Trinajstić information content (AvgIpc) is 2.59. The van der Waals surface area contributed by atoms with Gasteiger partial charge in [0, 0.05) is 44.3 Å². The molecule has 2 rings (SSSR count). The van der Waals surface area contributed by atoms with Crippen LogP contribution in [0.1, 0.15) is 26.7 Å². The molecule has 2 amide bonds. The van der Waals surface area contributed by atoms with E-state index in [1.807, 2.05) is 23.6 Å². The fraction of sp³-hybridized carbons (Fsp3) is 0.556. The molecular formula is C18H27FN4O2. The summed E-state index contributed by atoms with van der Waals surface area (Å²) in [5, 5.41) is 2.73. The first-order valence-corrected chi connectivity index (χ1v) is 8.70. The molecule has 6 nitrogen and oxygen atoms in total. The summed E-state index contributed by atoms with van der Waals surface area (Å²) in [5.41, 5.74) is 6.14. The molecule has 1 saturated heterocycles. The van der Waals surface area contributed by atoms with Crippen LogP contribution in [0.5, 0.6) is 0 Å². The molecule has 1 aliphatic rings. The van der Waals surface area contributed by atoms with Crippen LogP contribution in [0, 0.1) is 5.82 Å². The highest BCUT2D eigenvalue weighted by Crippen LogP contribution is 2.13. The second-order valence-electron chi connectivity index (χ2n) is 6.61. The summed E-state index contributed by atoms with van der Waals surface area (Å²) < 4.78 is 13.2. The van der Waals surface area contributed by atoms with E-state index >= 15 is 0 Å². The number of hydrogen-bond acceptors (Lipinski definition) is 4. The predicted octanol–water partition coefficient (Wildman–Crippen LogP) is 1.42. The average molecular weight is 350 g/mol. The first kappa shape index (κ1) is 19.3. The minimum Gasteiger partial charge on any atom is -0.340 e. The number of piperazine rings is 1. The van der Waals surface area contributed by atoms with Crippen molar-refractivity contribution >= 4 is 17.5 Å². The van der Waals surface area contributed by atoms with Crippen LogP contribution in [-0.2, 0) is 9.59 Å². The van der Waals surface area contributed by atoms with E-state index in [0.717, 1.165) is 0 Å². The summed E-state index contributed by atoms with van der Waals surface area (Å²) in [5.74, 6) is -0.444. The maximum atomic E-state index is 13.2. The minimum absolute atomic E-state index is 0.0248. The Balaban J connectivity index is 1.81. The molecule has 1 aromatic carbocycles. The highest BCUT2D eigenvalue weighted by molar-refractivity contribution is 5.94. The molecule has 1 aliphatic heterocycles. The number of carbonyl (C=O) groups is 2. The lowest BCUT2D eigenvalue weighted by Crippen LogP contribution is -2.54. The summed E-state index contributed by atoms with van der Waals surface area (Å²) in [4.78, 5) is 28.3. The van der Waals surface area contributed by atoms with E-state index in [1.165, 1.54) is 12.1 Å². The quantitative estimate of drug-likeness (QED) is 0.813. The number of nitrogens with zero attached hydrogens (tertiary/aromatic N) is 2. The van der Waals surface area contributed by atoms with Crippen molar-refractivity contribution in [3.05, 3.63) is 30.1 Å². The van der Waals surface area contributed by atoms with Gasteiger partial charge in [-0.2, -0.15) is 0 Å². The fourth-order valence-corrected chi connectivity index (χ4v) is 2.85. The van der Waals surface area contributed by atoms with Crippen LogP contribution in [0.4, 0.5) is 10.1 Å². The summed E-state index contributed by atoms with van der Waals surface area (Å²) in [6.45, 7) is 6.21. The summed E-state index contributed by atoms with van der Waals surface area (Å²) in [7, 11) is 0. The molecule has 1 fully saturated rings. The topological polar surface area (TPSA) is 78.7 Å². The fourth-order valence-electron chi connectivity index (χ4n) is 2.85. The first-order chi connectivity index (χ1) is 11.9. The van der Waals surface area contributed by atoms with Crippen molar-refractivity contribution in [2.75, 3.05) is 31.5 Å². The molecule has 0 bridgehead atoms. The maximum Gasteiger partial charge on any atom is 0.241 e. The Morgan fingerprint density at radius 2 is 1.92 bits per heavy atom. The Bertz CT molecular complexity index is 600. The van der Waals surface area contributed by atoms with Crippen LogP contribution in [0.25, 0.3) is 0 Å². The van der Waals surface area contributed by atoms with E-state index in [4.69, 9.17) is 5.73 Å². The molecule has 3 N–H and O–H groups in total. The summed E-state index contributed by atoms with van der Waals surface area (Å²) in [6.07, 6.45) is 1.15. The Labute approximate surface area is 148 Å². The van der Waals surface area contributed by atoms with E-state index in [2.05, 4.69) is 5.32 Å². The molecule has 138 valence electrons. The second kappa shape index (κ2) is 8.92. The highest BCUT2D eigenvalue weighted by Gasteiger charge is 2.27. The summed E-state index contributed by atoms with van der Waals surface area (Å²) >= 11 is 0. The Hall–Kier alpha value is -1.99. The van der Waals surface area contributed by atoms with Gasteiger partial charge in [0.1, 0.15) is 5.82 Å². The Morgan fingerprint density at radius 1 is 1.24 bits per heavy atom. The smallest absolute Gasteiger partial charge is 0.241 e. The standard InChI is InChI=1S/C18H27FN4O2/c1-13(20)6-7-17(24)23-10-8-22(9-11-23)14(2)18(25)21-16-5-3-4-15(19)12-16/h3-5,12-14H,6-11,20H2,1-2H3,(H,21,25). The van der Waals surface area contributed by atoms with Crippen LogP contribution in [0.3, 0.4) is 0 Å². The normalized spacial score (nSPS) is 17.8. The molecule has 1 heterocycles. The van der Waals surface area contributed by atoms with Gasteiger partial charge in [0.05, 0.1) is 6.04 Å². The SMILES string of the molecule is CC(N)CCC(=O)N1CCN(C(C)C(=O)Nc2cccc(F)c2)CC1. The third-order valence-electron chi connectivity index (χ3n) is 4.50. The Kier molecular flexibility index (Phi) is 6.90. The number of hydrogen-bond donors (Lipinski definition) is 2. The van der Waals surface area contributed by atoms with E-state index < -0.39 is 0 Å². The lowest BCUT2D eigenvalue weighted by Gasteiger charge is -2.37.